The van der Waals surface area contributed by atoms with E-state index in [9.17, 15) is 0 Å². The fraction of sp³-hybridized carbons (Fsp3) is 0.273. The Morgan fingerprint density at radius 3 is 2.25 bits per heavy atom. The highest BCUT2D eigenvalue weighted by Gasteiger charge is 2.00. The van der Waals surface area contributed by atoms with Crippen LogP contribution in [-0.2, 0) is 0 Å². The lowest BCUT2D eigenvalue weighted by Gasteiger charge is -2.06. The topological polar surface area (TPSA) is 0 Å². The molecular formula is C11H13I. The molecule has 0 atom stereocenters. The maximum absolute atomic E-state index is 2.37. The highest BCUT2D eigenvalue weighted by molar-refractivity contribution is 14.1. The molecule has 1 aromatic carbocycles. The van der Waals surface area contributed by atoms with Crippen molar-refractivity contribution in [3.63, 3.8) is 0 Å². The van der Waals surface area contributed by atoms with Gasteiger partial charge in [0.2, 0.25) is 0 Å². The van der Waals surface area contributed by atoms with Gasteiger partial charge < -0.3 is 0 Å². The summed E-state index contributed by atoms with van der Waals surface area (Å²) >= 11 is 2.37. The number of benzene rings is 1. The normalized spacial score (nSPS) is 12.7. The van der Waals surface area contributed by atoms with Crippen molar-refractivity contribution in [3.8, 4) is 0 Å². The lowest BCUT2D eigenvalue weighted by molar-refractivity contribution is 1.40. The lowest BCUT2D eigenvalue weighted by Crippen LogP contribution is -1.85. The summed E-state index contributed by atoms with van der Waals surface area (Å²) in [6, 6.07) is 8.49. The Bertz CT molecular complexity index is 307. The van der Waals surface area contributed by atoms with E-state index >= 15 is 0 Å². The first kappa shape index (κ1) is 9.78. The van der Waals surface area contributed by atoms with Gasteiger partial charge in [-0.2, -0.15) is 0 Å². The van der Waals surface area contributed by atoms with Crippen molar-refractivity contribution < 1.29 is 0 Å². The zero-order valence-corrected chi connectivity index (χ0v) is 9.84. The Hall–Kier alpha value is -0.310. The molecule has 0 spiro atoms. The number of hydrogen-bond acceptors (Lipinski definition) is 0. The van der Waals surface area contributed by atoms with Gasteiger partial charge in [-0.25, -0.2) is 0 Å². The summed E-state index contributed by atoms with van der Waals surface area (Å²) in [5, 5.41) is 0. The third-order valence-corrected chi connectivity index (χ3v) is 2.87. The van der Waals surface area contributed by atoms with Crippen LogP contribution in [0.4, 0.5) is 0 Å². The van der Waals surface area contributed by atoms with Crippen LogP contribution in [0.3, 0.4) is 0 Å². The van der Waals surface area contributed by atoms with Crippen LogP contribution in [0.2, 0.25) is 0 Å². The van der Waals surface area contributed by atoms with Gasteiger partial charge in [0.05, 0.1) is 0 Å². The minimum absolute atomic E-state index is 1.35. The first-order valence-corrected chi connectivity index (χ1v) is 5.10. The SMILES string of the molecule is CC(I)=C(C)c1ccccc1C. The molecule has 0 saturated carbocycles. The Kier molecular flexibility index (Phi) is 3.32. The highest BCUT2D eigenvalue weighted by atomic mass is 127. The largest absolute Gasteiger partial charge is 0.0620 e. The van der Waals surface area contributed by atoms with Crippen molar-refractivity contribution in [2.45, 2.75) is 20.8 Å². The molecule has 1 rings (SSSR count). The minimum atomic E-state index is 1.35. The van der Waals surface area contributed by atoms with Gasteiger partial charge in [0.25, 0.3) is 0 Å². The van der Waals surface area contributed by atoms with E-state index in [2.05, 4.69) is 67.6 Å². The quantitative estimate of drug-likeness (QED) is 0.673. The third-order valence-electron chi connectivity index (χ3n) is 2.07. The van der Waals surface area contributed by atoms with Gasteiger partial charge in [-0.1, -0.05) is 24.3 Å². The molecule has 0 aromatic heterocycles. The van der Waals surface area contributed by atoms with Crippen molar-refractivity contribution in [2.75, 3.05) is 0 Å². The van der Waals surface area contributed by atoms with Gasteiger partial charge in [-0.15, -0.1) is 0 Å². The first-order chi connectivity index (χ1) is 5.63. The summed E-state index contributed by atoms with van der Waals surface area (Å²) in [7, 11) is 0. The van der Waals surface area contributed by atoms with Crippen molar-refractivity contribution >= 4 is 28.2 Å². The molecule has 0 fully saturated rings. The molecule has 0 saturated heterocycles. The highest BCUT2D eigenvalue weighted by Crippen LogP contribution is 2.24. The fourth-order valence-electron chi connectivity index (χ4n) is 1.18. The van der Waals surface area contributed by atoms with Crippen molar-refractivity contribution in [1.82, 2.24) is 0 Å². The van der Waals surface area contributed by atoms with Crippen LogP contribution in [0.5, 0.6) is 0 Å². The van der Waals surface area contributed by atoms with Crippen molar-refractivity contribution in [2.24, 2.45) is 0 Å². The van der Waals surface area contributed by atoms with E-state index in [1.54, 1.807) is 0 Å². The average Bonchev–Trinajstić information content (AvgIpc) is 2.04. The van der Waals surface area contributed by atoms with E-state index in [1.165, 1.54) is 20.3 Å². The van der Waals surface area contributed by atoms with E-state index in [4.69, 9.17) is 0 Å². The van der Waals surface area contributed by atoms with E-state index in [1.807, 2.05) is 0 Å². The predicted molar refractivity (Wildman–Crippen MR) is 63.5 cm³/mol. The number of aryl methyl sites for hydroxylation is 1. The second-order valence-electron chi connectivity index (χ2n) is 2.97. The van der Waals surface area contributed by atoms with Crippen LogP contribution in [0.1, 0.15) is 25.0 Å². The molecule has 0 N–H and O–H groups in total. The van der Waals surface area contributed by atoms with Gasteiger partial charge in [0.1, 0.15) is 0 Å². The Balaban J connectivity index is 3.21. The van der Waals surface area contributed by atoms with Crippen molar-refractivity contribution in [1.29, 1.82) is 0 Å². The molecule has 0 amide bonds. The number of rotatable bonds is 1. The van der Waals surface area contributed by atoms with Crippen LogP contribution in [-0.4, -0.2) is 0 Å². The lowest BCUT2D eigenvalue weighted by atomic mass is 10.0. The molecule has 12 heavy (non-hydrogen) atoms. The fourth-order valence-corrected chi connectivity index (χ4v) is 1.47. The molecule has 1 heteroatoms. The van der Waals surface area contributed by atoms with E-state index in [-0.39, 0.29) is 0 Å². The van der Waals surface area contributed by atoms with Gasteiger partial charge in [0, 0.05) is 0 Å². The molecule has 0 aliphatic carbocycles. The zero-order chi connectivity index (χ0) is 9.14. The molecule has 0 aliphatic rings. The summed E-state index contributed by atoms with van der Waals surface area (Å²) in [5.41, 5.74) is 4.10. The Morgan fingerprint density at radius 2 is 1.75 bits per heavy atom. The average molecular weight is 272 g/mol. The smallest absolute Gasteiger partial charge is 0.00898 e. The molecule has 1 aromatic rings. The molecular weight excluding hydrogens is 259 g/mol. The predicted octanol–water partition coefficient (Wildman–Crippen LogP) is 4.18. The molecule has 0 heterocycles. The second kappa shape index (κ2) is 4.08. The van der Waals surface area contributed by atoms with Crippen LogP contribution < -0.4 is 0 Å². The van der Waals surface area contributed by atoms with Crippen LogP contribution in [0.25, 0.3) is 5.57 Å². The van der Waals surface area contributed by atoms with Crippen LogP contribution in [0, 0.1) is 6.92 Å². The number of hydrogen-bond donors (Lipinski definition) is 0. The van der Waals surface area contributed by atoms with E-state index < -0.39 is 0 Å². The van der Waals surface area contributed by atoms with Crippen LogP contribution in [0.15, 0.2) is 27.8 Å². The molecule has 0 nitrogen and oxygen atoms in total. The standard InChI is InChI=1S/C11H13I/c1-8-6-4-5-7-11(8)9(2)10(3)12/h4-7H,1-3H3. The summed E-state index contributed by atoms with van der Waals surface area (Å²) in [5.74, 6) is 0. The first-order valence-electron chi connectivity index (χ1n) is 4.02. The van der Waals surface area contributed by atoms with E-state index in [0.29, 0.717) is 0 Å². The van der Waals surface area contributed by atoms with Gasteiger partial charge >= 0.3 is 0 Å². The third kappa shape index (κ3) is 2.09. The molecule has 0 radical (unpaired) electrons. The number of halogens is 1. The molecule has 0 aliphatic heterocycles. The molecule has 0 bridgehead atoms. The Morgan fingerprint density at radius 1 is 1.17 bits per heavy atom. The van der Waals surface area contributed by atoms with E-state index in [0.717, 1.165) is 0 Å². The zero-order valence-electron chi connectivity index (χ0n) is 7.69. The number of allylic oxidation sites excluding steroid dienone is 2. The molecule has 0 unspecified atom stereocenters. The van der Waals surface area contributed by atoms with Gasteiger partial charge in [-0.3, -0.25) is 0 Å². The summed E-state index contributed by atoms with van der Waals surface area (Å²) in [6.45, 7) is 6.46. The minimum Gasteiger partial charge on any atom is -0.0620 e. The van der Waals surface area contributed by atoms with Crippen LogP contribution >= 0.6 is 22.6 Å². The summed E-state index contributed by atoms with van der Waals surface area (Å²) in [6.07, 6.45) is 0. The van der Waals surface area contributed by atoms with Gasteiger partial charge in [-0.05, 0) is 63.6 Å². The molecule has 64 valence electrons. The Labute approximate surface area is 87.8 Å². The summed E-state index contributed by atoms with van der Waals surface area (Å²) < 4.78 is 1.36. The second-order valence-corrected chi connectivity index (χ2v) is 4.59. The monoisotopic (exact) mass is 272 g/mol. The summed E-state index contributed by atoms with van der Waals surface area (Å²) in [4.78, 5) is 0. The maximum Gasteiger partial charge on any atom is -0.00898 e. The maximum atomic E-state index is 2.37. The van der Waals surface area contributed by atoms with Crippen molar-refractivity contribution in [3.05, 3.63) is 39.0 Å². The van der Waals surface area contributed by atoms with Gasteiger partial charge in [0.15, 0.2) is 0 Å².